The molecule has 2 N–H and O–H groups in total. The van der Waals surface area contributed by atoms with E-state index in [0.29, 0.717) is 16.7 Å². The van der Waals surface area contributed by atoms with Crippen molar-refractivity contribution in [1.29, 1.82) is 0 Å². The largest absolute Gasteiger partial charge is 0.399 e. The third kappa shape index (κ3) is 3.05. The van der Waals surface area contributed by atoms with E-state index in [1.165, 1.54) is 10.4 Å². The van der Waals surface area contributed by atoms with Gasteiger partial charge in [0.1, 0.15) is 0 Å². The molecule has 0 amide bonds. The molecule has 102 valence electrons. The van der Waals surface area contributed by atoms with Crippen LogP contribution in [0, 0.1) is 0 Å². The molecule has 4 nitrogen and oxygen atoms in total. The van der Waals surface area contributed by atoms with Gasteiger partial charge in [0.25, 0.3) is 0 Å². The van der Waals surface area contributed by atoms with Crippen molar-refractivity contribution in [3.63, 3.8) is 0 Å². The minimum Gasteiger partial charge on any atom is -0.399 e. The van der Waals surface area contributed by atoms with Crippen LogP contribution in [0.15, 0.2) is 27.6 Å². The molecule has 18 heavy (non-hydrogen) atoms. The Kier molecular flexibility index (Phi) is 5.19. The molecular formula is C12H19BrN2O2S. The van der Waals surface area contributed by atoms with Gasteiger partial charge in [0.15, 0.2) is 0 Å². The van der Waals surface area contributed by atoms with Crippen molar-refractivity contribution in [1.82, 2.24) is 4.31 Å². The SMILES string of the molecule is CCC(C)N(CC)S(=O)(=O)c1cc(N)ccc1Br. The molecule has 0 aliphatic heterocycles. The van der Waals surface area contributed by atoms with E-state index in [1.807, 2.05) is 20.8 Å². The van der Waals surface area contributed by atoms with Gasteiger partial charge in [-0.05, 0) is 47.5 Å². The molecule has 0 spiro atoms. The fourth-order valence-corrected chi connectivity index (χ4v) is 4.44. The van der Waals surface area contributed by atoms with Crippen molar-refractivity contribution in [3.05, 3.63) is 22.7 Å². The smallest absolute Gasteiger partial charge is 0.244 e. The highest BCUT2D eigenvalue weighted by Gasteiger charge is 2.28. The third-order valence-electron chi connectivity index (χ3n) is 2.94. The van der Waals surface area contributed by atoms with E-state index in [4.69, 9.17) is 5.73 Å². The summed E-state index contributed by atoms with van der Waals surface area (Å²) in [6.45, 7) is 6.15. The number of rotatable bonds is 5. The molecule has 0 heterocycles. The highest BCUT2D eigenvalue weighted by atomic mass is 79.9. The quantitative estimate of drug-likeness (QED) is 0.842. The molecule has 6 heteroatoms. The number of nitrogens with zero attached hydrogens (tertiary/aromatic N) is 1. The first kappa shape index (κ1) is 15.5. The second-order valence-electron chi connectivity index (χ2n) is 4.16. The summed E-state index contributed by atoms with van der Waals surface area (Å²) in [5.41, 5.74) is 6.11. The molecule has 0 radical (unpaired) electrons. The average Bonchev–Trinajstić information content (AvgIpc) is 2.32. The zero-order valence-corrected chi connectivity index (χ0v) is 13.3. The number of sulfonamides is 1. The maximum absolute atomic E-state index is 12.6. The van der Waals surface area contributed by atoms with E-state index in [-0.39, 0.29) is 10.9 Å². The summed E-state index contributed by atoms with van der Waals surface area (Å²) in [6, 6.07) is 4.79. The number of benzene rings is 1. The van der Waals surface area contributed by atoms with Gasteiger partial charge in [-0.3, -0.25) is 0 Å². The molecule has 0 aliphatic carbocycles. The van der Waals surface area contributed by atoms with E-state index in [0.717, 1.165) is 6.42 Å². The normalized spacial score (nSPS) is 13.8. The van der Waals surface area contributed by atoms with E-state index >= 15 is 0 Å². The molecule has 1 atom stereocenters. The Morgan fingerprint density at radius 2 is 2.00 bits per heavy atom. The van der Waals surface area contributed by atoms with Crippen LogP contribution in [0.5, 0.6) is 0 Å². The van der Waals surface area contributed by atoms with Crippen LogP contribution >= 0.6 is 15.9 Å². The zero-order chi connectivity index (χ0) is 13.9. The predicted octanol–water partition coefficient (Wildman–Crippen LogP) is 2.84. The van der Waals surface area contributed by atoms with Crippen LogP contribution in [0.1, 0.15) is 27.2 Å². The van der Waals surface area contributed by atoms with Crippen molar-refractivity contribution in [3.8, 4) is 0 Å². The van der Waals surface area contributed by atoms with Crippen molar-refractivity contribution in [2.45, 2.75) is 38.1 Å². The van der Waals surface area contributed by atoms with Crippen LogP contribution in [-0.4, -0.2) is 25.3 Å². The van der Waals surface area contributed by atoms with Gasteiger partial charge in [-0.25, -0.2) is 8.42 Å². The monoisotopic (exact) mass is 334 g/mol. The molecule has 0 saturated carbocycles. The van der Waals surface area contributed by atoms with Gasteiger partial charge in [-0.2, -0.15) is 4.31 Å². The average molecular weight is 335 g/mol. The van der Waals surface area contributed by atoms with Gasteiger partial charge in [0.05, 0.1) is 4.90 Å². The van der Waals surface area contributed by atoms with Gasteiger partial charge in [-0.1, -0.05) is 13.8 Å². The molecule has 1 unspecified atom stereocenters. The molecule has 0 aliphatic rings. The van der Waals surface area contributed by atoms with Crippen LogP contribution < -0.4 is 5.73 Å². The Morgan fingerprint density at radius 3 is 2.50 bits per heavy atom. The van der Waals surface area contributed by atoms with E-state index in [2.05, 4.69) is 15.9 Å². The first-order valence-electron chi connectivity index (χ1n) is 5.91. The lowest BCUT2D eigenvalue weighted by molar-refractivity contribution is 0.342. The summed E-state index contributed by atoms with van der Waals surface area (Å²) in [5, 5.41) is 0. The van der Waals surface area contributed by atoms with Crippen molar-refractivity contribution in [2.24, 2.45) is 0 Å². The highest BCUT2D eigenvalue weighted by molar-refractivity contribution is 9.10. The standard InChI is InChI=1S/C12H19BrN2O2S/c1-4-9(3)15(5-2)18(16,17)12-8-10(14)6-7-11(12)13/h6-9H,4-5,14H2,1-3H3. The minimum absolute atomic E-state index is 0.0340. The van der Waals surface area contributed by atoms with Gasteiger partial charge < -0.3 is 5.73 Å². The zero-order valence-electron chi connectivity index (χ0n) is 10.9. The van der Waals surface area contributed by atoms with Gasteiger partial charge in [0.2, 0.25) is 10.0 Å². The second-order valence-corrected chi connectivity index (χ2v) is 6.87. The maximum Gasteiger partial charge on any atom is 0.244 e. The third-order valence-corrected chi connectivity index (χ3v) is 6.02. The van der Waals surface area contributed by atoms with E-state index in [9.17, 15) is 8.42 Å². The number of anilines is 1. The summed E-state index contributed by atoms with van der Waals surface area (Å²) in [6.07, 6.45) is 0.771. The summed E-state index contributed by atoms with van der Waals surface area (Å²) in [7, 11) is -3.51. The Morgan fingerprint density at radius 1 is 1.39 bits per heavy atom. The van der Waals surface area contributed by atoms with Gasteiger partial charge in [0, 0.05) is 22.7 Å². The van der Waals surface area contributed by atoms with E-state index < -0.39 is 10.0 Å². The first-order chi connectivity index (χ1) is 8.34. The van der Waals surface area contributed by atoms with Crippen LogP contribution in [0.4, 0.5) is 5.69 Å². The van der Waals surface area contributed by atoms with Gasteiger partial charge >= 0.3 is 0 Å². The molecule has 0 aromatic heterocycles. The maximum atomic E-state index is 12.6. The van der Waals surface area contributed by atoms with Gasteiger partial charge in [-0.15, -0.1) is 0 Å². The Balaban J connectivity index is 3.31. The van der Waals surface area contributed by atoms with Crippen molar-refractivity contribution in [2.75, 3.05) is 12.3 Å². The molecule has 0 saturated heterocycles. The number of nitrogens with two attached hydrogens (primary N) is 1. The summed E-state index contributed by atoms with van der Waals surface area (Å²) >= 11 is 3.27. The lowest BCUT2D eigenvalue weighted by Gasteiger charge is -2.26. The van der Waals surface area contributed by atoms with Crippen LogP contribution in [0.3, 0.4) is 0 Å². The number of hydrogen-bond acceptors (Lipinski definition) is 3. The fourth-order valence-electron chi connectivity index (χ4n) is 1.77. The highest BCUT2D eigenvalue weighted by Crippen LogP contribution is 2.28. The first-order valence-corrected chi connectivity index (χ1v) is 8.14. The summed E-state index contributed by atoms with van der Waals surface area (Å²) in [5.74, 6) is 0. The molecule has 1 rings (SSSR count). The molecule has 1 aromatic rings. The molecular weight excluding hydrogens is 316 g/mol. The molecule has 0 bridgehead atoms. The predicted molar refractivity (Wildman–Crippen MR) is 77.9 cm³/mol. The Labute approximate surface area is 117 Å². The lowest BCUT2D eigenvalue weighted by atomic mass is 10.3. The number of halogens is 1. The second kappa shape index (κ2) is 6.04. The number of hydrogen-bond donors (Lipinski definition) is 1. The molecule has 1 aromatic carbocycles. The lowest BCUT2D eigenvalue weighted by Crippen LogP contribution is -2.38. The van der Waals surface area contributed by atoms with Crippen molar-refractivity contribution < 1.29 is 8.42 Å². The van der Waals surface area contributed by atoms with E-state index in [1.54, 1.807) is 12.1 Å². The molecule has 0 fully saturated rings. The minimum atomic E-state index is -3.51. The fraction of sp³-hybridized carbons (Fsp3) is 0.500. The van der Waals surface area contributed by atoms with Crippen LogP contribution in [0.2, 0.25) is 0 Å². The number of nitrogen functional groups attached to an aromatic ring is 1. The summed E-state index contributed by atoms with van der Waals surface area (Å²) < 4.78 is 27.2. The van der Waals surface area contributed by atoms with Crippen molar-refractivity contribution >= 4 is 31.6 Å². The Hall–Kier alpha value is -0.590. The summed E-state index contributed by atoms with van der Waals surface area (Å²) in [4.78, 5) is 0.227. The van der Waals surface area contributed by atoms with Crippen LogP contribution in [-0.2, 0) is 10.0 Å². The Bertz CT molecular complexity index is 517. The van der Waals surface area contributed by atoms with Crippen LogP contribution in [0.25, 0.3) is 0 Å². The topological polar surface area (TPSA) is 63.4 Å².